The molecule has 0 aliphatic rings. The molecule has 0 saturated carbocycles. The minimum Gasteiger partial charge on any atom is -0.460 e. The second kappa shape index (κ2) is 5.70. The van der Waals surface area contributed by atoms with Gasteiger partial charge in [0, 0.05) is 0 Å². The van der Waals surface area contributed by atoms with E-state index in [2.05, 4.69) is 28.9 Å². The minimum atomic E-state index is -0.602. The number of aliphatic imine (C=N–C) groups is 1. The number of hydrogen-bond donors (Lipinski definition) is 1. The van der Waals surface area contributed by atoms with Crippen molar-refractivity contribution in [3.8, 4) is 0 Å². The van der Waals surface area contributed by atoms with Gasteiger partial charge >= 0.3 is 5.97 Å². The van der Waals surface area contributed by atoms with E-state index in [4.69, 9.17) is 0 Å². The first kappa shape index (κ1) is 9.94. The highest BCUT2D eigenvalue weighted by Crippen LogP contribution is 1.97. The SMILES string of the molecule is C=C(S)C(=O)OCCN=C=O. The number of carbonyl (C=O) groups is 1. The second-order valence-electron chi connectivity index (χ2n) is 1.56. The smallest absolute Gasteiger partial charge is 0.343 e. The van der Waals surface area contributed by atoms with Crippen LogP contribution in [0.4, 0.5) is 0 Å². The largest absolute Gasteiger partial charge is 0.460 e. The Balaban J connectivity index is 3.47. The van der Waals surface area contributed by atoms with Crippen molar-refractivity contribution in [3.63, 3.8) is 0 Å². The third kappa shape index (κ3) is 5.39. The molecule has 60 valence electrons. The Hall–Kier alpha value is -1.06. The minimum absolute atomic E-state index is 0.0279. The van der Waals surface area contributed by atoms with Crippen LogP contribution in [-0.4, -0.2) is 25.2 Å². The van der Waals surface area contributed by atoms with Crippen LogP contribution in [0.1, 0.15) is 0 Å². The van der Waals surface area contributed by atoms with Gasteiger partial charge in [-0.15, -0.1) is 12.6 Å². The van der Waals surface area contributed by atoms with Gasteiger partial charge in [-0.3, -0.25) is 0 Å². The third-order valence-corrected chi connectivity index (χ3v) is 0.919. The molecule has 0 amide bonds. The lowest BCUT2D eigenvalue weighted by Gasteiger charge is -1.98. The van der Waals surface area contributed by atoms with E-state index >= 15 is 0 Å². The van der Waals surface area contributed by atoms with Gasteiger partial charge in [0.1, 0.15) is 6.61 Å². The van der Waals surface area contributed by atoms with Gasteiger partial charge in [0.2, 0.25) is 6.08 Å². The number of nitrogens with zero attached hydrogens (tertiary/aromatic N) is 1. The standard InChI is InChI=1S/C6H7NO3S/c1-5(11)6(9)10-3-2-7-4-8/h11H,1-3H2. The first-order valence-electron chi connectivity index (χ1n) is 2.77. The van der Waals surface area contributed by atoms with Crippen molar-refractivity contribution in [2.45, 2.75) is 0 Å². The van der Waals surface area contributed by atoms with Crippen LogP contribution in [0.3, 0.4) is 0 Å². The van der Waals surface area contributed by atoms with Gasteiger partial charge in [0.15, 0.2) is 0 Å². The van der Waals surface area contributed by atoms with Crippen molar-refractivity contribution in [2.24, 2.45) is 4.99 Å². The molecule has 5 heteroatoms. The monoisotopic (exact) mass is 173 g/mol. The average Bonchev–Trinajstić information content (AvgIpc) is 1.97. The number of thiol groups is 1. The number of esters is 1. The zero-order valence-electron chi connectivity index (χ0n) is 5.74. The van der Waals surface area contributed by atoms with Crippen LogP contribution < -0.4 is 0 Å². The van der Waals surface area contributed by atoms with Crippen molar-refractivity contribution >= 4 is 24.7 Å². The molecule has 0 aromatic heterocycles. The van der Waals surface area contributed by atoms with Gasteiger partial charge in [-0.25, -0.2) is 14.6 Å². The Labute approximate surface area is 69.4 Å². The lowest BCUT2D eigenvalue weighted by Crippen LogP contribution is -2.06. The Bertz CT molecular complexity index is 208. The summed E-state index contributed by atoms with van der Waals surface area (Å²) in [7, 11) is 0. The molecule has 0 aromatic carbocycles. The highest BCUT2D eigenvalue weighted by molar-refractivity contribution is 7.85. The molecular weight excluding hydrogens is 166 g/mol. The highest BCUT2D eigenvalue weighted by atomic mass is 32.1. The predicted octanol–water partition coefficient (Wildman–Crippen LogP) is 0.309. The van der Waals surface area contributed by atoms with E-state index in [1.807, 2.05) is 0 Å². The molecule has 0 aromatic rings. The molecule has 11 heavy (non-hydrogen) atoms. The topological polar surface area (TPSA) is 55.7 Å². The summed E-state index contributed by atoms with van der Waals surface area (Å²) in [5.74, 6) is -0.602. The molecule has 0 unspecified atom stereocenters. The summed E-state index contributed by atoms with van der Waals surface area (Å²) in [5.41, 5.74) is 0. The maximum atomic E-state index is 10.6. The van der Waals surface area contributed by atoms with E-state index in [-0.39, 0.29) is 18.1 Å². The number of hydrogen-bond acceptors (Lipinski definition) is 5. The number of carbonyl (C=O) groups excluding carboxylic acids is 2. The van der Waals surface area contributed by atoms with E-state index < -0.39 is 5.97 Å². The van der Waals surface area contributed by atoms with Crippen LogP contribution in [0.25, 0.3) is 0 Å². The number of ether oxygens (including phenoxy) is 1. The maximum absolute atomic E-state index is 10.6. The first-order valence-corrected chi connectivity index (χ1v) is 3.22. The lowest BCUT2D eigenvalue weighted by atomic mass is 10.6. The van der Waals surface area contributed by atoms with Crippen LogP contribution in [0, 0.1) is 0 Å². The van der Waals surface area contributed by atoms with Crippen LogP contribution in [0.5, 0.6) is 0 Å². The molecule has 0 radical (unpaired) electrons. The van der Waals surface area contributed by atoms with Crippen molar-refractivity contribution in [1.29, 1.82) is 0 Å². The Morgan fingerprint density at radius 3 is 2.82 bits per heavy atom. The maximum Gasteiger partial charge on any atom is 0.343 e. The van der Waals surface area contributed by atoms with Gasteiger partial charge in [-0.2, -0.15) is 0 Å². The predicted molar refractivity (Wildman–Crippen MR) is 42.1 cm³/mol. The van der Waals surface area contributed by atoms with E-state index in [0.717, 1.165) is 0 Å². The van der Waals surface area contributed by atoms with Crippen LogP contribution in [-0.2, 0) is 14.3 Å². The van der Waals surface area contributed by atoms with Gasteiger partial charge < -0.3 is 4.74 Å². The Morgan fingerprint density at radius 2 is 2.36 bits per heavy atom. The second-order valence-corrected chi connectivity index (χ2v) is 2.10. The van der Waals surface area contributed by atoms with Crippen LogP contribution >= 0.6 is 12.6 Å². The molecule has 0 aliphatic heterocycles. The van der Waals surface area contributed by atoms with Crippen molar-refractivity contribution < 1.29 is 14.3 Å². The van der Waals surface area contributed by atoms with Gasteiger partial charge in [-0.05, 0) is 0 Å². The molecular formula is C6H7NO3S. The number of rotatable bonds is 4. The van der Waals surface area contributed by atoms with Crippen LogP contribution in [0.2, 0.25) is 0 Å². The number of isocyanates is 1. The zero-order valence-corrected chi connectivity index (χ0v) is 6.63. The van der Waals surface area contributed by atoms with E-state index in [9.17, 15) is 9.59 Å². The lowest BCUT2D eigenvalue weighted by molar-refractivity contribution is -0.137. The summed E-state index contributed by atoms with van der Waals surface area (Å²) in [6, 6.07) is 0. The Morgan fingerprint density at radius 1 is 1.73 bits per heavy atom. The van der Waals surface area contributed by atoms with Crippen molar-refractivity contribution in [2.75, 3.05) is 13.2 Å². The van der Waals surface area contributed by atoms with Crippen molar-refractivity contribution in [1.82, 2.24) is 0 Å². The van der Waals surface area contributed by atoms with Crippen LogP contribution in [0.15, 0.2) is 16.5 Å². The van der Waals surface area contributed by atoms with Crippen molar-refractivity contribution in [3.05, 3.63) is 11.5 Å². The summed E-state index contributed by atoms with van der Waals surface area (Å²) in [6.45, 7) is 3.41. The van der Waals surface area contributed by atoms with Gasteiger partial charge in [0.05, 0.1) is 11.4 Å². The summed E-state index contributed by atoms with van der Waals surface area (Å²) < 4.78 is 4.52. The Kier molecular flexibility index (Phi) is 5.15. The fourth-order valence-electron chi connectivity index (χ4n) is 0.313. The molecule has 0 bridgehead atoms. The average molecular weight is 173 g/mol. The summed E-state index contributed by atoms with van der Waals surface area (Å²) in [4.78, 5) is 23.3. The molecule has 0 N–H and O–H groups in total. The van der Waals surface area contributed by atoms with Gasteiger partial charge in [0.25, 0.3) is 0 Å². The summed E-state index contributed by atoms with van der Waals surface area (Å²) >= 11 is 3.64. The molecule has 0 heterocycles. The third-order valence-electron chi connectivity index (χ3n) is 0.736. The molecule has 0 fully saturated rings. The first-order chi connectivity index (χ1) is 5.18. The normalized spacial score (nSPS) is 8.09. The van der Waals surface area contributed by atoms with E-state index in [1.165, 1.54) is 6.08 Å². The zero-order chi connectivity index (χ0) is 8.69. The summed E-state index contributed by atoms with van der Waals surface area (Å²) in [5, 5.41) is 0. The fourth-order valence-corrected chi connectivity index (χ4v) is 0.377. The highest BCUT2D eigenvalue weighted by Gasteiger charge is 2.01. The fraction of sp³-hybridized carbons (Fsp3) is 0.333. The van der Waals surface area contributed by atoms with E-state index in [1.54, 1.807) is 0 Å². The molecule has 0 spiro atoms. The molecule has 4 nitrogen and oxygen atoms in total. The molecule has 0 rings (SSSR count). The van der Waals surface area contributed by atoms with E-state index in [0.29, 0.717) is 0 Å². The summed E-state index contributed by atoms with van der Waals surface area (Å²) in [6.07, 6.45) is 1.31. The molecule has 0 atom stereocenters. The molecule has 0 saturated heterocycles. The quantitative estimate of drug-likeness (QED) is 0.166. The van der Waals surface area contributed by atoms with Gasteiger partial charge in [-0.1, -0.05) is 6.58 Å². The molecule has 0 aliphatic carbocycles.